The normalized spacial score (nSPS) is 16.4. The second-order valence-corrected chi connectivity index (χ2v) is 5.61. The van der Waals surface area contributed by atoms with Gasteiger partial charge in [-0.2, -0.15) is 4.98 Å². The summed E-state index contributed by atoms with van der Waals surface area (Å²) in [5, 5.41) is 11.6. The quantitative estimate of drug-likeness (QED) is 0.727. The van der Waals surface area contributed by atoms with E-state index in [2.05, 4.69) is 26.1 Å². The second-order valence-electron chi connectivity index (χ2n) is 5.61. The Kier molecular flexibility index (Phi) is 4.73. The van der Waals surface area contributed by atoms with E-state index in [-0.39, 0.29) is 37.1 Å². The first kappa shape index (κ1) is 16.6. The lowest BCUT2D eigenvalue weighted by Gasteiger charge is -2.14. The molecule has 0 saturated heterocycles. The van der Waals surface area contributed by atoms with E-state index in [1.807, 2.05) is 0 Å². The molecule has 0 radical (unpaired) electrons. The molecule has 0 spiro atoms. The van der Waals surface area contributed by atoms with Crippen molar-refractivity contribution in [3.63, 3.8) is 0 Å². The van der Waals surface area contributed by atoms with Gasteiger partial charge in [-0.3, -0.25) is 14.4 Å². The summed E-state index contributed by atoms with van der Waals surface area (Å²) in [6.45, 7) is 1.80. The lowest BCUT2D eigenvalue weighted by Crippen LogP contribution is -2.42. The molecule has 2 heterocycles. The third kappa shape index (κ3) is 4.00. The van der Waals surface area contributed by atoms with Crippen LogP contribution in [-0.2, 0) is 16.1 Å². The fourth-order valence-corrected chi connectivity index (χ4v) is 2.46. The maximum Gasteiger partial charge on any atom is 0.254 e. The van der Waals surface area contributed by atoms with E-state index in [4.69, 9.17) is 4.52 Å². The van der Waals surface area contributed by atoms with Crippen molar-refractivity contribution in [3.05, 3.63) is 41.5 Å². The molecule has 1 aromatic heterocycles. The topological polar surface area (TPSA) is 126 Å². The number of para-hydroxylation sites is 1. The van der Waals surface area contributed by atoms with Gasteiger partial charge < -0.3 is 20.5 Å². The summed E-state index contributed by atoms with van der Waals surface area (Å²) in [5.74, 6) is -0.178. The van der Waals surface area contributed by atoms with Crippen molar-refractivity contribution in [1.82, 2.24) is 20.8 Å². The largest absolute Gasteiger partial charge is 0.347 e. The Morgan fingerprint density at radius 3 is 2.88 bits per heavy atom. The van der Waals surface area contributed by atoms with Gasteiger partial charge in [0.25, 0.3) is 5.91 Å². The van der Waals surface area contributed by atoms with Crippen molar-refractivity contribution in [2.24, 2.45) is 0 Å². The zero-order valence-electron chi connectivity index (χ0n) is 13.5. The molecule has 3 rings (SSSR count). The molecular formula is C16H17N5O4. The van der Waals surface area contributed by atoms with Crippen LogP contribution in [-0.4, -0.2) is 33.9 Å². The number of anilines is 1. The van der Waals surface area contributed by atoms with Crippen LogP contribution in [0.1, 0.15) is 34.9 Å². The van der Waals surface area contributed by atoms with Gasteiger partial charge in [-0.15, -0.1) is 0 Å². The third-order valence-corrected chi connectivity index (χ3v) is 3.72. The van der Waals surface area contributed by atoms with Crippen LogP contribution in [0.15, 0.2) is 28.8 Å². The van der Waals surface area contributed by atoms with Gasteiger partial charge in [-0.25, -0.2) is 0 Å². The lowest BCUT2D eigenvalue weighted by molar-refractivity contribution is -0.122. The Hall–Kier alpha value is -3.23. The highest BCUT2D eigenvalue weighted by molar-refractivity contribution is 6.09. The van der Waals surface area contributed by atoms with E-state index < -0.39 is 6.04 Å². The first-order valence-corrected chi connectivity index (χ1v) is 7.79. The number of amides is 3. The average Bonchev–Trinajstić information content (AvgIpc) is 2.97. The minimum Gasteiger partial charge on any atom is -0.347 e. The molecule has 3 amide bonds. The first-order chi connectivity index (χ1) is 12.0. The van der Waals surface area contributed by atoms with Crippen molar-refractivity contribution in [2.45, 2.75) is 32.4 Å². The Morgan fingerprint density at radius 2 is 2.12 bits per heavy atom. The molecule has 1 aliphatic heterocycles. The molecule has 0 bridgehead atoms. The molecule has 0 fully saturated rings. The number of fused-ring (bicyclic) bond motifs is 1. The van der Waals surface area contributed by atoms with Crippen molar-refractivity contribution in [3.8, 4) is 0 Å². The summed E-state index contributed by atoms with van der Waals surface area (Å²) in [4.78, 5) is 40.3. The van der Waals surface area contributed by atoms with Crippen molar-refractivity contribution < 1.29 is 18.9 Å². The fourth-order valence-electron chi connectivity index (χ4n) is 2.46. The van der Waals surface area contributed by atoms with Gasteiger partial charge in [0.15, 0.2) is 5.82 Å². The van der Waals surface area contributed by atoms with Gasteiger partial charge in [0.05, 0.1) is 17.8 Å². The molecule has 130 valence electrons. The summed E-state index contributed by atoms with van der Waals surface area (Å²) in [7, 11) is 0. The molecule has 1 aromatic carbocycles. The molecule has 9 nitrogen and oxygen atoms in total. The van der Waals surface area contributed by atoms with E-state index >= 15 is 0 Å². The predicted octanol–water partition coefficient (Wildman–Crippen LogP) is 0.525. The van der Waals surface area contributed by atoms with E-state index in [1.165, 1.54) is 0 Å². The van der Waals surface area contributed by atoms with Gasteiger partial charge in [0, 0.05) is 6.42 Å². The fraction of sp³-hybridized carbons (Fsp3) is 0.312. The van der Waals surface area contributed by atoms with Crippen LogP contribution in [0.25, 0.3) is 0 Å². The maximum atomic E-state index is 12.2. The minimum absolute atomic E-state index is 0.0713. The number of hydrogen-bond acceptors (Lipinski definition) is 6. The summed E-state index contributed by atoms with van der Waals surface area (Å²) in [5.41, 5.74) is 0.860. The molecule has 25 heavy (non-hydrogen) atoms. The number of benzene rings is 1. The van der Waals surface area contributed by atoms with Crippen LogP contribution in [0.5, 0.6) is 0 Å². The molecule has 1 unspecified atom stereocenters. The summed E-state index contributed by atoms with van der Waals surface area (Å²) < 4.78 is 4.90. The Morgan fingerprint density at radius 1 is 1.32 bits per heavy atom. The summed E-state index contributed by atoms with van der Waals surface area (Å²) >= 11 is 0. The first-order valence-electron chi connectivity index (χ1n) is 7.79. The standard InChI is InChI=1S/C16H17N5O4/c1-9-18-14(25-21-9)8-17-13(22)7-6-12-16(24)19-11-5-3-2-4-10(11)15(23)20-12/h2-5,12H,6-8H2,1H3,(H,17,22)(H,19,24)(H,20,23). The van der Waals surface area contributed by atoms with Gasteiger partial charge in [-0.05, 0) is 25.5 Å². The zero-order valence-corrected chi connectivity index (χ0v) is 13.5. The van der Waals surface area contributed by atoms with E-state index in [0.717, 1.165) is 0 Å². The SMILES string of the molecule is Cc1noc(CNC(=O)CCC2NC(=O)c3ccccc3NC2=O)n1. The average molecular weight is 343 g/mol. The lowest BCUT2D eigenvalue weighted by atomic mass is 10.1. The Labute approximate surface area is 143 Å². The van der Waals surface area contributed by atoms with Crippen LogP contribution in [0.4, 0.5) is 5.69 Å². The number of hydrogen-bond donors (Lipinski definition) is 3. The molecule has 0 saturated carbocycles. The predicted molar refractivity (Wildman–Crippen MR) is 86.4 cm³/mol. The van der Waals surface area contributed by atoms with Crippen LogP contribution in [0.3, 0.4) is 0 Å². The minimum atomic E-state index is -0.781. The number of nitrogens with one attached hydrogen (secondary N) is 3. The van der Waals surface area contributed by atoms with Gasteiger partial charge in [0.1, 0.15) is 6.04 Å². The van der Waals surface area contributed by atoms with E-state index in [1.54, 1.807) is 31.2 Å². The third-order valence-electron chi connectivity index (χ3n) is 3.72. The smallest absolute Gasteiger partial charge is 0.254 e. The van der Waals surface area contributed by atoms with Crippen LogP contribution in [0, 0.1) is 6.92 Å². The van der Waals surface area contributed by atoms with Gasteiger partial charge in [-0.1, -0.05) is 17.3 Å². The maximum absolute atomic E-state index is 12.2. The van der Waals surface area contributed by atoms with Crippen molar-refractivity contribution in [2.75, 3.05) is 5.32 Å². The molecular weight excluding hydrogens is 326 g/mol. The van der Waals surface area contributed by atoms with Gasteiger partial charge in [0.2, 0.25) is 17.7 Å². The number of nitrogens with zero attached hydrogens (tertiary/aromatic N) is 2. The van der Waals surface area contributed by atoms with Gasteiger partial charge >= 0.3 is 0 Å². The van der Waals surface area contributed by atoms with E-state index in [9.17, 15) is 14.4 Å². The zero-order chi connectivity index (χ0) is 17.8. The summed E-state index contributed by atoms with van der Waals surface area (Å²) in [6, 6.07) is 5.97. The van der Waals surface area contributed by atoms with Crippen LogP contribution in [0.2, 0.25) is 0 Å². The summed E-state index contributed by atoms with van der Waals surface area (Å²) in [6.07, 6.45) is 0.252. The Balaban J connectivity index is 1.53. The molecule has 3 N–H and O–H groups in total. The second kappa shape index (κ2) is 7.12. The molecule has 9 heteroatoms. The monoisotopic (exact) mass is 343 g/mol. The highest BCUT2D eigenvalue weighted by atomic mass is 16.5. The molecule has 0 aliphatic carbocycles. The molecule has 1 atom stereocenters. The Bertz CT molecular complexity index is 816. The van der Waals surface area contributed by atoms with E-state index in [0.29, 0.717) is 23.0 Å². The van der Waals surface area contributed by atoms with Crippen LogP contribution >= 0.6 is 0 Å². The van der Waals surface area contributed by atoms with Crippen LogP contribution < -0.4 is 16.0 Å². The number of aryl methyl sites for hydroxylation is 1. The number of rotatable bonds is 5. The molecule has 1 aliphatic rings. The highest BCUT2D eigenvalue weighted by Crippen LogP contribution is 2.19. The van der Waals surface area contributed by atoms with Crippen molar-refractivity contribution >= 4 is 23.4 Å². The molecule has 2 aromatic rings. The number of aromatic nitrogens is 2. The number of carbonyl (C=O) groups excluding carboxylic acids is 3. The number of carbonyl (C=O) groups is 3. The van der Waals surface area contributed by atoms with Crippen molar-refractivity contribution in [1.29, 1.82) is 0 Å². The highest BCUT2D eigenvalue weighted by Gasteiger charge is 2.27.